The van der Waals surface area contributed by atoms with Gasteiger partial charge in [-0.2, -0.15) is 0 Å². The van der Waals surface area contributed by atoms with Crippen molar-refractivity contribution in [2.45, 2.75) is 51.6 Å². The molecule has 0 saturated carbocycles. The zero-order chi connectivity index (χ0) is 25.6. The molecule has 2 aliphatic rings. The van der Waals surface area contributed by atoms with Gasteiger partial charge in [-0.3, -0.25) is 9.59 Å². The Morgan fingerprint density at radius 3 is 2.49 bits per heavy atom. The highest BCUT2D eigenvalue weighted by Gasteiger charge is 2.25. The predicted molar refractivity (Wildman–Crippen MR) is 142 cm³/mol. The fourth-order valence-electron chi connectivity index (χ4n) is 5.60. The maximum Gasteiger partial charge on any atom is 0.229 e. The molecule has 5 rings (SSSR count). The van der Waals surface area contributed by atoms with Gasteiger partial charge in [0.15, 0.2) is 5.58 Å². The average Bonchev–Trinajstić information content (AvgIpc) is 3.32. The van der Waals surface area contributed by atoms with Crippen LogP contribution < -0.4 is 4.90 Å². The van der Waals surface area contributed by atoms with Gasteiger partial charge in [-0.15, -0.1) is 0 Å². The van der Waals surface area contributed by atoms with Gasteiger partial charge < -0.3 is 24.0 Å². The van der Waals surface area contributed by atoms with E-state index in [1.54, 1.807) is 6.92 Å². The number of ether oxygens (including phenoxy) is 1. The Labute approximate surface area is 218 Å². The molecule has 0 N–H and O–H groups in total. The molecule has 0 bridgehead atoms. The summed E-state index contributed by atoms with van der Waals surface area (Å²) in [7, 11) is 0. The fourth-order valence-corrected chi connectivity index (χ4v) is 5.60. The number of hydrogen-bond acceptors (Lipinski definition) is 6. The van der Waals surface area contributed by atoms with Crippen LogP contribution in [0.15, 0.2) is 53.1 Å². The smallest absolute Gasteiger partial charge is 0.229 e. The molecular formula is C29H36N4O4. The lowest BCUT2D eigenvalue weighted by Gasteiger charge is -2.36. The molecule has 0 aliphatic carbocycles. The Hall–Kier alpha value is -3.23. The van der Waals surface area contributed by atoms with Crippen molar-refractivity contribution in [3.8, 4) is 0 Å². The standard InChI is InChI=1S/C29H36N4O4/c1-22(34)33-17-7-15-31(24-12-18-36-19-13-24)14-6-16-32(21-23-8-2-4-10-27(23)33)29(35)20-26-25-9-3-5-11-28(25)37-30-26/h2-5,8-11,24H,6-7,12-21H2,1H3. The molecule has 2 aromatic carbocycles. The van der Waals surface area contributed by atoms with Crippen LogP contribution >= 0.6 is 0 Å². The van der Waals surface area contributed by atoms with Crippen LogP contribution in [-0.2, 0) is 27.3 Å². The van der Waals surface area contributed by atoms with Gasteiger partial charge in [0.1, 0.15) is 5.69 Å². The topological polar surface area (TPSA) is 79.1 Å². The van der Waals surface area contributed by atoms with E-state index < -0.39 is 0 Å². The molecular weight excluding hydrogens is 468 g/mol. The van der Waals surface area contributed by atoms with E-state index >= 15 is 0 Å². The molecule has 2 aliphatic heterocycles. The molecule has 8 heteroatoms. The number of aromatic nitrogens is 1. The summed E-state index contributed by atoms with van der Waals surface area (Å²) in [5.41, 5.74) is 3.22. The minimum Gasteiger partial charge on any atom is -0.381 e. The van der Waals surface area contributed by atoms with Crippen LogP contribution in [-0.4, -0.2) is 72.2 Å². The first-order chi connectivity index (χ1) is 18.1. The van der Waals surface area contributed by atoms with Gasteiger partial charge in [0.25, 0.3) is 0 Å². The third kappa shape index (κ3) is 6.02. The molecule has 1 saturated heterocycles. The summed E-state index contributed by atoms with van der Waals surface area (Å²) < 4.78 is 11.0. The van der Waals surface area contributed by atoms with E-state index in [2.05, 4.69) is 10.1 Å². The fraction of sp³-hybridized carbons (Fsp3) is 0.483. The molecule has 3 aromatic rings. The quantitative estimate of drug-likeness (QED) is 0.536. The van der Waals surface area contributed by atoms with Crippen molar-refractivity contribution in [2.24, 2.45) is 0 Å². The predicted octanol–water partition coefficient (Wildman–Crippen LogP) is 4.03. The Morgan fingerprint density at radius 1 is 0.946 bits per heavy atom. The Bertz CT molecular complexity index is 1220. The SMILES string of the molecule is CC(=O)N1CCCN(C2CCOCC2)CCCN(C(=O)Cc2noc3ccccc23)Cc2ccccc21. The van der Waals surface area contributed by atoms with E-state index in [1.165, 1.54) is 0 Å². The third-order valence-corrected chi connectivity index (χ3v) is 7.55. The second-order valence-corrected chi connectivity index (χ2v) is 10.0. The molecule has 2 amide bonds. The van der Waals surface area contributed by atoms with Crippen LogP contribution in [0.3, 0.4) is 0 Å². The minimum atomic E-state index is 0.0120. The molecule has 3 heterocycles. The van der Waals surface area contributed by atoms with E-state index in [0.29, 0.717) is 37.0 Å². The first-order valence-corrected chi connectivity index (χ1v) is 13.4. The summed E-state index contributed by atoms with van der Waals surface area (Å²) >= 11 is 0. The molecule has 0 unspecified atom stereocenters. The highest BCUT2D eigenvalue weighted by atomic mass is 16.5. The van der Waals surface area contributed by atoms with Crippen LogP contribution in [0, 0.1) is 0 Å². The number of carbonyl (C=O) groups excluding carboxylic acids is 2. The Kier molecular flexibility index (Phi) is 8.16. The maximum atomic E-state index is 13.7. The van der Waals surface area contributed by atoms with Crippen molar-refractivity contribution < 1.29 is 18.8 Å². The largest absolute Gasteiger partial charge is 0.381 e. The van der Waals surface area contributed by atoms with E-state index in [4.69, 9.17) is 9.26 Å². The number of carbonyl (C=O) groups is 2. The monoisotopic (exact) mass is 504 g/mol. The highest BCUT2D eigenvalue weighted by Crippen LogP contribution is 2.25. The highest BCUT2D eigenvalue weighted by molar-refractivity contribution is 5.92. The summed E-state index contributed by atoms with van der Waals surface area (Å²) in [5, 5.41) is 5.06. The number of anilines is 1. The zero-order valence-corrected chi connectivity index (χ0v) is 21.6. The van der Waals surface area contributed by atoms with Crippen molar-refractivity contribution in [1.29, 1.82) is 0 Å². The van der Waals surface area contributed by atoms with Crippen molar-refractivity contribution >= 4 is 28.5 Å². The lowest BCUT2D eigenvalue weighted by Crippen LogP contribution is -2.44. The van der Waals surface area contributed by atoms with Gasteiger partial charge in [-0.05, 0) is 49.4 Å². The summed E-state index contributed by atoms with van der Waals surface area (Å²) in [6, 6.07) is 16.1. The molecule has 0 radical (unpaired) electrons. The number of benzene rings is 2. The first-order valence-electron chi connectivity index (χ1n) is 13.4. The number of hydrogen-bond donors (Lipinski definition) is 0. The van der Waals surface area contributed by atoms with Crippen LogP contribution in [0.5, 0.6) is 0 Å². The number of fused-ring (bicyclic) bond motifs is 2. The summed E-state index contributed by atoms with van der Waals surface area (Å²) in [5.74, 6) is 0.0342. The van der Waals surface area contributed by atoms with Crippen LogP contribution in [0.4, 0.5) is 5.69 Å². The van der Waals surface area contributed by atoms with Gasteiger partial charge in [0.2, 0.25) is 11.8 Å². The van der Waals surface area contributed by atoms with Crippen molar-refractivity contribution in [1.82, 2.24) is 15.0 Å². The third-order valence-electron chi connectivity index (χ3n) is 7.55. The number of nitrogens with zero attached hydrogens (tertiary/aromatic N) is 4. The number of rotatable bonds is 3. The zero-order valence-electron chi connectivity index (χ0n) is 21.6. The van der Waals surface area contributed by atoms with E-state index in [-0.39, 0.29) is 18.2 Å². The van der Waals surface area contributed by atoms with E-state index in [0.717, 1.165) is 68.6 Å². The number of amides is 2. The summed E-state index contributed by atoms with van der Waals surface area (Å²) in [4.78, 5) is 32.7. The summed E-state index contributed by atoms with van der Waals surface area (Å²) in [6.07, 6.45) is 4.04. The molecule has 8 nitrogen and oxygen atoms in total. The van der Waals surface area contributed by atoms with Gasteiger partial charge in [-0.25, -0.2) is 0 Å². The van der Waals surface area contributed by atoms with E-state index in [9.17, 15) is 9.59 Å². The maximum absolute atomic E-state index is 13.7. The Morgan fingerprint density at radius 2 is 1.68 bits per heavy atom. The second-order valence-electron chi connectivity index (χ2n) is 10.0. The van der Waals surface area contributed by atoms with E-state index in [1.807, 2.05) is 58.3 Å². The molecule has 0 spiro atoms. The van der Waals surface area contributed by atoms with Gasteiger partial charge in [0.05, 0.1) is 6.42 Å². The number of para-hydroxylation sites is 2. The molecule has 1 fully saturated rings. The van der Waals surface area contributed by atoms with Crippen molar-refractivity contribution in [3.63, 3.8) is 0 Å². The molecule has 196 valence electrons. The minimum absolute atomic E-state index is 0.0120. The Balaban J connectivity index is 1.41. The van der Waals surface area contributed by atoms with Crippen LogP contribution in [0.1, 0.15) is 43.9 Å². The lowest BCUT2D eigenvalue weighted by molar-refractivity contribution is -0.131. The molecule has 0 atom stereocenters. The van der Waals surface area contributed by atoms with Crippen LogP contribution in [0.2, 0.25) is 0 Å². The normalized spacial score (nSPS) is 18.7. The molecule has 1 aromatic heterocycles. The average molecular weight is 505 g/mol. The van der Waals surface area contributed by atoms with Crippen molar-refractivity contribution in [2.75, 3.05) is 44.3 Å². The first kappa shape index (κ1) is 25.4. The van der Waals surface area contributed by atoms with Gasteiger partial charge in [-0.1, -0.05) is 35.5 Å². The lowest BCUT2D eigenvalue weighted by atomic mass is 10.1. The summed E-state index contributed by atoms with van der Waals surface area (Å²) in [6.45, 7) is 6.81. The van der Waals surface area contributed by atoms with Crippen molar-refractivity contribution in [3.05, 3.63) is 59.8 Å². The second kappa shape index (κ2) is 11.9. The molecule has 37 heavy (non-hydrogen) atoms. The van der Waals surface area contributed by atoms with Gasteiger partial charge >= 0.3 is 0 Å². The van der Waals surface area contributed by atoms with Gasteiger partial charge in [0, 0.05) is 70.0 Å². The van der Waals surface area contributed by atoms with Crippen LogP contribution in [0.25, 0.3) is 11.0 Å².